The molecule has 0 aliphatic carbocycles. The smallest absolute Gasteiger partial charge is 0.160 e. The summed E-state index contributed by atoms with van der Waals surface area (Å²) in [6.07, 6.45) is 2.13. The van der Waals surface area contributed by atoms with Gasteiger partial charge >= 0.3 is 0 Å². The zero-order valence-electron chi connectivity index (χ0n) is 11.2. The maximum Gasteiger partial charge on any atom is 0.160 e. The van der Waals surface area contributed by atoms with Crippen molar-refractivity contribution in [2.45, 2.75) is 24.2 Å². The van der Waals surface area contributed by atoms with Crippen LogP contribution >= 0.6 is 12.6 Å². The summed E-state index contributed by atoms with van der Waals surface area (Å²) in [6.45, 7) is 0.517. The molecule has 0 saturated heterocycles. The highest BCUT2D eigenvalue weighted by Crippen LogP contribution is 2.32. The van der Waals surface area contributed by atoms with Gasteiger partial charge in [0.1, 0.15) is 0 Å². The number of aryl methyl sites for hydroxylation is 1. The third-order valence-corrected chi connectivity index (χ3v) is 3.62. The highest BCUT2D eigenvalue weighted by atomic mass is 32.1. The van der Waals surface area contributed by atoms with Gasteiger partial charge in [0.05, 0.1) is 0 Å². The molecule has 0 unspecified atom stereocenters. The van der Waals surface area contributed by atoms with Gasteiger partial charge in [-0.25, -0.2) is 0 Å². The maximum atomic E-state index is 10.0. The van der Waals surface area contributed by atoms with Gasteiger partial charge in [0, 0.05) is 10.5 Å². The highest BCUT2D eigenvalue weighted by molar-refractivity contribution is 7.80. The first-order chi connectivity index (χ1) is 9.61. The summed E-state index contributed by atoms with van der Waals surface area (Å²) in [5, 5.41) is 19.7. The molecule has 0 heterocycles. The van der Waals surface area contributed by atoms with E-state index in [4.69, 9.17) is 5.73 Å². The molecule has 106 valence electrons. The highest BCUT2D eigenvalue weighted by Gasteiger charge is 2.12. The lowest BCUT2D eigenvalue weighted by Gasteiger charge is -2.12. The summed E-state index contributed by atoms with van der Waals surface area (Å²) in [5.41, 5.74) is 8.51. The van der Waals surface area contributed by atoms with Gasteiger partial charge in [0.2, 0.25) is 0 Å². The Bertz CT molecular complexity index is 599. The van der Waals surface area contributed by atoms with E-state index in [-0.39, 0.29) is 11.5 Å². The van der Waals surface area contributed by atoms with Crippen LogP contribution in [-0.2, 0) is 19.3 Å². The zero-order valence-corrected chi connectivity index (χ0v) is 12.1. The van der Waals surface area contributed by atoms with Gasteiger partial charge in [-0.3, -0.25) is 0 Å². The Kier molecular flexibility index (Phi) is 4.93. The molecular weight excluding hydrogens is 270 g/mol. The van der Waals surface area contributed by atoms with Crippen molar-refractivity contribution in [1.82, 2.24) is 0 Å². The van der Waals surface area contributed by atoms with Crippen LogP contribution in [0.3, 0.4) is 0 Å². The van der Waals surface area contributed by atoms with Crippen LogP contribution in [0.15, 0.2) is 41.3 Å². The van der Waals surface area contributed by atoms with Gasteiger partial charge in [-0.05, 0) is 55.1 Å². The Labute approximate surface area is 124 Å². The molecule has 4 heteroatoms. The number of hydrogen-bond acceptors (Lipinski definition) is 4. The van der Waals surface area contributed by atoms with E-state index >= 15 is 0 Å². The summed E-state index contributed by atoms with van der Waals surface area (Å²) >= 11 is 4.32. The van der Waals surface area contributed by atoms with E-state index in [2.05, 4.69) is 12.6 Å². The SMILES string of the molecule is NCCc1ccc(O)c(O)c1CCc1cccc(S)c1. The lowest BCUT2D eigenvalue weighted by Crippen LogP contribution is -2.06. The van der Waals surface area contributed by atoms with Crippen LogP contribution in [0.1, 0.15) is 16.7 Å². The zero-order chi connectivity index (χ0) is 14.5. The molecule has 0 spiro atoms. The minimum absolute atomic E-state index is 0.0296. The molecular formula is C16H19NO2S. The van der Waals surface area contributed by atoms with Crippen LogP contribution in [0.2, 0.25) is 0 Å². The number of nitrogens with two attached hydrogens (primary N) is 1. The predicted octanol–water partition coefficient (Wildman–Crippen LogP) is 2.67. The lowest BCUT2D eigenvalue weighted by molar-refractivity contribution is 0.398. The number of phenols is 2. The number of benzene rings is 2. The molecule has 0 aliphatic rings. The summed E-state index contributed by atoms with van der Waals surface area (Å²) in [4.78, 5) is 0.921. The molecule has 0 saturated carbocycles. The third-order valence-electron chi connectivity index (χ3n) is 3.35. The molecule has 0 bridgehead atoms. The van der Waals surface area contributed by atoms with Crippen molar-refractivity contribution in [2.24, 2.45) is 5.73 Å². The van der Waals surface area contributed by atoms with Gasteiger partial charge in [0.25, 0.3) is 0 Å². The maximum absolute atomic E-state index is 10.0. The van der Waals surface area contributed by atoms with Gasteiger partial charge in [0.15, 0.2) is 11.5 Å². The second-order valence-electron chi connectivity index (χ2n) is 4.78. The summed E-state index contributed by atoms with van der Waals surface area (Å²) < 4.78 is 0. The number of aromatic hydroxyl groups is 2. The Balaban J connectivity index is 2.21. The fraction of sp³-hybridized carbons (Fsp3) is 0.250. The van der Waals surface area contributed by atoms with Gasteiger partial charge in [-0.1, -0.05) is 18.2 Å². The van der Waals surface area contributed by atoms with Crippen LogP contribution in [0.5, 0.6) is 11.5 Å². The topological polar surface area (TPSA) is 66.5 Å². The van der Waals surface area contributed by atoms with Crippen molar-refractivity contribution in [3.8, 4) is 11.5 Å². The van der Waals surface area contributed by atoms with Crippen molar-refractivity contribution in [2.75, 3.05) is 6.54 Å². The van der Waals surface area contributed by atoms with E-state index in [9.17, 15) is 10.2 Å². The van der Waals surface area contributed by atoms with Crippen molar-refractivity contribution < 1.29 is 10.2 Å². The molecule has 20 heavy (non-hydrogen) atoms. The Morgan fingerprint density at radius 2 is 1.80 bits per heavy atom. The number of thiol groups is 1. The Morgan fingerprint density at radius 1 is 1.00 bits per heavy atom. The van der Waals surface area contributed by atoms with Crippen LogP contribution in [0, 0.1) is 0 Å². The largest absolute Gasteiger partial charge is 0.504 e. The predicted molar refractivity (Wildman–Crippen MR) is 83.6 cm³/mol. The standard InChI is InChI=1S/C16H19NO2S/c17-9-8-12-5-7-15(18)16(19)14(12)6-4-11-2-1-3-13(20)10-11/h1-3,5,7,10,18-20H,4,6,8-9,17H2. The second kappa shape index (κ2) is 6.68. The Morgan fingerprint density at radius 3 is 2.50 bits per heavy atom. The van der Waals surface area contributed by atoms with E-state index in [1.807, 2.05) is 30.3 Å². The molecule has 2 aromatic carbocycles. The first kappa shape index (κ1) is 14.8. The monoisotopic (exact) mass is 289 g/mol. The minimum Gasteiger partial charge on any atom is -0.504 e. The average molecular weight is 289 g/mol. The van der Waals surface area contributed by atoms with Crippen LogP contribution < -0.4 is 5.73 Å². The van der Waals surface area contributed by atoms with Crippen molar-refractivity contribution >= 4 is 12.6 Å². The molecule has 0 atom stereocenters. The van der Waals surface area contributed by atoms with E-state index in [1.54, 1.807) is 0 Å². The summed E-state index contributed by atoms with van der Waals surface area (Å²) in [7, 11) is 0. The molecule has 4 N–H and O–H groups in total. The third kappa shape index (κ3) is 3.46. The molecule has 0 fully saturated rings. The average Bonchev–Trinajstić information content (AvgIpc) is 2.43. The van der Waals surface area contributed by atoms with Gasteiger partial charge in [-0.2, -0.15) is 0 Å². The van der Waals surface area contributed by atoms with Crippen LogP contribution in [0.4, 0.5) is 0 Å². The second-order valence-corrected chi connectivity index (χ2v) is 5.30. The van der Waals surface area contributed by atoms with Gasteiger partial charge < -0.3 is 15.9 Å². The molecule has 0 radical (unpaired) electrons. The number of rotatable bonds is 5. The molecule has 3 nitrogen and oxygen atoms in total. The first-order valence-corrected chi connectivity index (χ1v) is 7.07. The van der Waals surface area contributed by atoms with E-state index in [0.29, 0.717) is 19.4 Å². The molecule has 2 rings (SSSR count). The van der Waals surface area contributed by atoms with E-state index < -0.39 is 0 Å². The number of hydrogen-bond donors (Lipinski definition) is 4. The summed E-state index contributed by atoms with van der Waals surface area (Å²) in [5.74, 6) is -0.110. The fourth-order valence-electron chi connectivity index (χ4n) is 2.32. The molecule has 0 aromatic heterocycles. The van der Waals surface area contributed by atoms with Crippen molar-refractivity contribution in [3.05, 3.63) is 53.1 Å². The number of phenolic OH excluding ortho intramolecular Hbond substituents is 2. The van der Waals surface area contributed by atoms with Crippen molar-refractivity contribution in [3.63, 3.8) is 0 Å². The lowest BCUT2D eigenvalue weighted by atomic mass is 9.96. The molecule has 0 aliphatic heterocycles. The summed E-state index contributed by atoms with van der Waals surface area (Å²) in [6, 6.07) is 11.3. The van der Waals surface area contributed by atoms with Crippen molar-refractivity contribution in [1.29, 1.82) is 0 Å². The van der Waals surface area contributed by atoms with E-state index in [0.717, 1.165) is 28.0 Å². The fourth-order valence-corrected chi connectivity index (χ4v) is 2.57. The van der Waals surface area contributed by atoms with Crippen LogP contribution in [0.25, 0.3) is 0 Å². The van der Waals surface area contributed by atoms with Crippen LogP contribution in [-0.4, -0.2) is 16.8 Å². The molecule has 0 amide bonds. The Hall–Kier alpha value is -1.65. The van der Waals surface area contributed by atoms with Gasteiger partial charge in [-0.15, -0.1) is 12.6 Å². The molecule has 2 aromatic rings. The van der Waals surface area contributed by atoms with E-state index in [1.165, 1.54) is 6.07 Å². The normalized spacial score (nSPS) is 10.7. The quantitative estimate of drug-likeness (QED) is 0.505. The first-order valence-electron chi connectivity index (χ1n) is 6.62. The minimum atomic E-state index is -0.0799.